The molecule has 0 saturated heterocycles. The van der Waals surface area contributed by atoms with Crippen LogP contribution in [-0.4, -0.2) is 12.6 Å². The minimum atomic E-state index is 0.716. The molecule has 1 saturated carbocycles. The SMILES string of the molecule is CCCNC(CC1CCCCC1)C1Cc2ccccc21. The first kappa shape index (κ1) is 14.1. The Morgan fingerprint density at radius 1 is 1.15 bits per heavy atom. The first-order valence-electron chi connectivity index (χ1n) is 8.69. The van der Waals surface area contributed by atoms with Crippen LogP contribution in [-0.2, 0) is 6.42 Å². The highest BCUT2D eigenvalue weighted by atomic mass is 14.9. The van der Waals surface area contributed by atoms with Gasteiger partial charge in [0.2, 0.25) is 0 Å². The molecule has 1 nitrogen and oxygen atoms in total. The predicted molar refractivity (Wildman–Crippen MR) is 86.2 cm³/mol. The monoisotopic (exact) mass is 271 g/mol. The summed E-state index contributed by atoms with van der Waals surface area (Å²) in [5, 5.41) is 3.86. The summed E-state index contributed by atoms with van der Waals surface area (Å²) in [4.78, 5) is 0. The van der Waals surface area contributed by atoms with Gasteiger partial charge in [0.15, 0.2) is 0 Å². The van der Waals surface area contributed by atoms with Crippen molar-refractivity contribution in [2.75, 3.05) is 6.54 Å². The Labute approximate surface area is 124 Å². The van der Waals surface area contributed by atoms with Gasteiger partial charge in [0.25, 0.3) is 0 Å². The van der Waals surface area contributed by atoms with E-state index in [0.717, 1.165) is 11.8 Å². The summed E-state index contributed by atoms with van der Waals surface area (Å²) in [6.07, 6.45) is 11.3. The molecular formula is C19H29N. The van der Waals surface area contributed by atoms with Gasteiger partial charge in [-0.2, -0.15) is 0 Å². The Bertz CT molecular complexity index is 420. The van der Waals surface area contributed by atoms with Gasteiger partial charge in [0.05, 0.1) is 0 Å². The van der Waals surface area contributed by atoms with Gasteiger partial charge in [-0.3, -0.25) is 0 Å². The fourth-order valence-electron chi connectivity index (χ4n) is 4.16. The standard InChI is InChI=1S/C19H29N/c1-2-12-20-19(13-15-8-4-3-5-9-15)18-14-16-10-6-7-11-17(16)18/h6-7,10-11,15,18-20H,2-5,8-9,12-14H2,1H3. The number of nitrogens with one attached hydrogen (secondary N) is 1. The lowest BCUT2D eigenvalue weighted by Gasteiger charge is -2.39. The molecule has 0 spiro atoms. The van der Waals surface area contributed by atoms with E-state index in [9.17, 15) is 0 Å². The fraction of sp³-hybridized carbons (Fsp3) is 0.684. The summed E-state index contributed by atoms with van der Waals surface area (Å²) in [6, 6.07) is 9.77. The molecule has 0 amide bonds. The summed E-state index contributed by atoms with van der Waals surface area (Å²) in [6.45, 7) is 3.45. The quantitative estimate of drug-likeness (QED) is 0.793. The average Bonchev–Trinajstić information content (AvgIpc) is 2.47. The van der Waals surface area contributed by atoms with Crippen molar-refractivity contribution in [2.24, 2.45) is 5.92 Å². The van der Waals surface area contributed by atoms with Crippen LogP contribution in [0.1, 0.15) is 68.9 Å². The zero-order valence-corrected chi connectivity index (χ0v) is 12.9. The van der Waals surface area contributed by atoms with E-state index in [0.29, 0.717) is 6.04 Å². The van der Waals surface area contributed by atoms with Crippen LogP contribution >= 0.6 is 0 Å². The highest BCUT2D eigenvalue weighted by molar-refractivity contribution is 5.41. The van der Waals surface area contributed by atoms with E-state index in [1.165, 1.54) is 57.9 Å². The summed E-state index contributed by atoms with van der Waals surface area (Å²) in [7, 11) is 0. The van der Waals surface area contributed by atoms with Gasteiger partial charge in [-0.1, -0.05) is 63.3 Å². The third-order valence-corrected chi connectivity index (χ3v) is 5.35. The van der Waals surface area contributed by atoms with Crippen LogP contribution in [0.5, 0.6) is 0 Å². The Hall–Kier alpha value is -0.820. The molecule has 2 aliphatic rings. The van der Waals surface area contributed by atoms with Crippen molar-refractivity contribution in [2.45, 2.75) is 70.3 Å². The molecule has 3 rings (SSSR count). The first-order chi connectivity index (χ1) is 9.88. The lowest BCUT2D eigenvalue weighted by atomic mass is 9.70. The summed E-state index contributed by atoms with van der Waals surface area (Å²) < 4.78 is 0. The molecule has 1 heteroatoms. The molecule has 1 N–H and O–H groups in total. The van der Waals surface area contributed by atoms with Crippen LogP contribution in [0.25, 0.3) is 0 Å². The van der Waals surface area contributed by atoms with Gasteiger partial charge in [-0.05, 0) is 42.9 Å². The normalized spacial score (nSPS) is 23.9. The predicted octanol–water partition coefficient (Wildman–Crippen LogP) is 4.66. The molecule has 20 heavy (non-hydrogen) atoms. The molecule has 1 aromatic rings. The topological polar surface area (TPSA) is 12.0 Å². The van der Waals surface area contributed by atoms with Crippen LogP contribution in [0.3, 0.4) is 0 Å². The zero-order valence-electron chi connectivity index (χ0n) is 12.9. The number of benzene rings is 1. The fourth-order valence-corrected chi connectivity index (χ4v) is 4.16. The molecule has 0 radical (unpaired) electrons. The van der Waals surface area contributed by atoms with Crippen molar-refractivity contribution in [1.82, 2.24) is 5.32 Å². The van der Waals surface area contributed by atoms with Gasteiger partial charge in [-0.15, -0.1) is 0 Å². The highest BCUT2D eigenvalue weighted by Gasteiger charge is 2.33. The Morgan fingerprint density at radius 2 is 1.95 bits per heavy atom. The van der Waals surface area contributed by atoms with Crippen molar-refractivity contribution in [3.8, 4) is 0 Å². The molecule has 1 aromatic carbocycles. The maximum Gasteiger partial charge on any atom is 0.0142 e. The minimum absolute atomic E-state index is 0.716. The largest absolute Gasteiger partial charge is 0.313 e. The van der Waals surface area contributed by atoms with E-state index >= 15 is 0 Å². The third-order valence-electron chi connectivity index (χ3n) is 5.35. The molecule has 2 unspecified atom stereocenters. The lowest BCUT2D eigenvalue weighted by molar-refractivity contribution is 0.268. The van der Waals surface area contributed by atoms with E-state index in [-0.39, 0.29) is 0 Å². The lowest BCUT2D eigenvalue weighted by Crippen LogP contribution is -2.41. The molecule has 2 aliphatic carbocycles. The Morgan fingerprint density at radius 3 is 2.70 bits per heavy atom. The number of fused-ring (bicyclic) bond motifs is 1. The van der Waals surface area contributed by atoms with E-state index in [2.05, 4.69) is 36.5 Å². The molecule has 110 valence electrons. The van der Waals surface area contributed by atoms with Crippen molar-refractivity contribution < 1.29 is 0 Å². The molecule has 1 fully saturated rings. The summed E-state index contributed by atoms with van der Waals surface area (Å²) in [5.74, 6) is 1.76. The molecule has 0 bridgehead atoms. The van der Waals surface area contributed by atoms with Gasteiger partial charge < -0.3 is 5.32 Å². The van der Waals surface area contributed by atoms with Gasteiger partial charge in [0.1, 0.15) is 0 Å². The second-order valence-electron chi connectivity index (χ2n) is 6.81. The molecule has 0 aromatic heterocycles. The molecular weight excluding hydrogens is 242 g/mol. The average molecular weight is 271 g/mol. The second-order valence-corrected chi connectivity index (χ2v) is 6.81. The second kappa shape index (κ2) is 6.76. The van der Waals surface area contributed by atoms with Crippen molar-refractivity contribution in [3.05, 3.63) is 35.4 Å². The smallest absolute Gasteiger partial charge is 0.0142 e. The maximum absolute atomic E-state index is 3.86. The van der Waals surface area contributed by atoms with Gasteiger partial charge in [0, 0.05) is 12.0 Å². The van der Waals surface area contributed by atoms with Crippen molar-refractivity contribution in [1.29, 1.82) is 0 Å². The molecule has 2 atom stereocenters. The van der Waals surface area contributed by atoms with Crippen LogP contribution in [0.15, 0.2) is 24.3 Å². The first-order valence-corrected chi connectivity index (χ1v) is 8.69. The summed E-state index contributed by atoms with van der Waals surface area (Å²) in [5.41, 5.74) is 3.21. The number of hydrogen-bond donors (Lipinski definition) is 1. The van der Waals surface area contributed by atoms with Crippen LogP contribution in [0, 0.1) is 5.92 Å². The number of hydrogen-bond acceptors (Lipinski definition) is 1. The van der Waals surface area contributed by atoms with E-state index in [4.69, 9.17) is 0 Å². The number of rotatable bonds is 6. The zero-order chi connectivity index (χ0) is 13.8. The summed E-state index contributed by atoms with van der Waals surface area (Å²) >= 11 is 0. The Kier molecular flexibility index (Phi) is 4.77. The Balaban J connectivity index is 1.64. The van der Waals surface area contributed by atoms with Crippen LogP contribution in [0.2, 0.25) is 0 Å². The third kappa shape index (κ3) is 3.09. The van der Waals surface area contributed by atoms with Gasteiger partial charge in [-0.25, -0.2) is 0 Å². The van der Waals surface area contributed by atoms with E-state index < -0.39 is 0 Å². The minimum Gasteiger partial charge on any atom is -0.313 e. The van der Waals surface area contributed by atoms with Crippen LogP contribution in [0.4, 0.5) is 0 Å². The van der Waals surface area contributed by atoms with Crippen molar-refractivity contribution in [3.63, 3.8) is 0 Å². The molecule has 0 heterocycles. The van der Waals surface area contributed by atoms with Gasteiger partial charge >= 0.3 is 0 Å². The van der Waals surface area contributed by atoms with E-state index in [1.807, 2.05) is 0 Å². The maximum atomic E-state index is 3.86. The highest BCUT2D eigenvalue weighted by Crippen LogP contribution is 2.40. The van der Waals surface area contributed by atoms with E-state index in [1.54, 1.807) is 11.1 Å². The van der Waals surface area contributed by atoms with Crippen LogP contribution < -0.4 is 5.32 Å². The molecule has 0 aliphatic heterocycles. The van der Waals surface area contributed by atoms with Crippen molar-refractivity contribution >= 4 is 0 Å².